The first-order chi connectivity index (χ1) is 13.1. The van der Waals surface area contributed by atoms with Gasteiger partial charge in [0.25, 0.3) is 0 Å². The normalized spacial score (nSPS) is 12.0. The molecule has 142 valence electrons. The first kappa shape index (κ1) is 18.6. The molecule has 7 heteroatoms. The van der Waals surface area contributed by atoms with Crippen LogP contribution in [0.2, 0.25) is 0 Å². The summed E-state index contributed by atoms with van der Waals surface area (Å²) < 4.78 is 22.1. The molecular formula is C20H21NO6. The molecule has 3 aromatic rings. The van der Waals surface area contributed by atoms with Crippen LogP contribution in [0.5, 0.6) is 11.5 Å². The van der Waals surface area contributed by atoms with Gasteiger partial charge in [0.2, 0.25) is 0 Å². The number of nitrogens with zero attached hydrogens (tertiary/aromatic N) is 1. The third-order valence-corrected chi connectivity index (χ3v) is 4.35. The average Bonchev–Trinajstić information content (AvgIpc) is 3.34. The minimum absolute atomic E-state index is 0.195. The van der Waals surface area contributed by atoms with Gasteiger partial charge in [-0.15, -0.1) is 0 Å². The molecule has 3 rings (SSSR count). The summed E-state index contributed by atoms with van der Waals surface area (Å²) in [6.45, 7) is 3.88. The molecule has 0 aliphatic carbocycles. The number of ether oxygens (including phenoxy) is 2. The monoisotopic (exact) mass is 371 g/mol. The van der Waals surface area contributed by atoms with E-state index in [4.69, 9.17) is 18.3 Å². The number of methoxy groups -OCH3 is 1. The van der Waals surface area contributed by atoms with Crippen molar-refractivity contribution in [2.75, 3.05) is 7.11 Å². The molecule has 2 heterocycles. The molecule has 0 saturated heterocycles. The zero-order valence-corrected chi connectivity index (χ0v) is 15.4. The van der Waals surface area contributed by atoms with Crippen LogP contribution in [0.25, 0.3) is 11.3 Å². The maximum Gasteiger partial charge on any atom is 0.310 e. The van der Waals surface area contributed by atoms with E-state index in [0.29, 0.717) is 40.5 Å². The molecule has 1 atom stereocenters. The standard InChI is InChI=1S/C20H21NO6/c1-4-14(20(22)23)15-8-12(2)18(27-10-13-9-25-11-21-13)19(24-3)17(15)16-6-5-7-26-16/h5-9,11,14H,4,10H2,1-3H3,(H,22,23). The van der Waals surface area contributed by atoms with E-state index in [0.717, 1.165) is 5.56 Å². The summed E-state index contributed by atoms with van der Waals surface area (Å²) in [5.41, 5.74) is 2.61. The Morgan fingerprint density at radius 1 is 1.37 bits per heavy atom. The van der Waals surface area contributed by atoms with Crippen molar-refractivity contribution in [3.05, 3.63) is 53.9 Å². The lowest BCUT2D eigenvalue weighted by Gasteiger charge is -2.21. The number of hydrogen-bond acceptors (Lipinski definition) is 6. The van der Waals surface area contributed by atoms with Gasteiger partial charge >= 0.3 is 5.97 Å². The molecule has 0 aliphatic rings. The number of aryl methyl sites for hydroxylation is 1. The van der Waals surface area contributed by atoms with Gasteiger partial charge in [-0.3, -0.25) is 4.79 Å². The van der Waals surface area contributed by atoms with E-state index in [9.17, 15) is 9.90 Å². The third kappa shape index (κ3) is 3.67. The predicted octanol–water partition coefficient (Wildman–Crippen LogP) is 4.41. The highest BCUT2D eigenvalue weighted by Gasteiger charge is 2.29. The number of aromatic nitrogens is 1. The first-order valence-electron chi connectivity index (χ1n) is 8.54. The van der Waals surface area contributed by atoms with E-state index in [-0.39, 0.29) is 6.61 Å². The van der Waals surface area contributed by atoms with E-state index in [1.54, 1.807) is 12.1 Å². The number of benzene rings is 1. The molecule has 1 N–H and O–H groups in total. The fourth-order valence-corrected chi connectivity index (χ4v) is 3.10. The SMILES string of the molecule is CCC(C(=O)O)c1cc(C)c(OCc2cocn2)c(OC)c1-c1ccco1. The molecule has 0 amide bonds. The Balaban J connectivity index is 2.15. The molecule has 0 bridgehead atoms. The van der Waals surface area contributed by atoms with Crippen LogP contribution >= 0.6 is 0 Å². The Bertz CT molecular complexity index is 899. The number of carboxylic acids is 1. The molecule has 7 nitrogen and oxygen atoms in total. The molecule has 1 aromatic carbocycles. The zero-order chi connectivity index (χ0) is 19.4. The van der Waals surface area contributed by atoms with Crippen LogP contribution < -0.4 is 9.47 Å². The van der Waals surface area contributed by atoms with Crippen LogP contribution in [0.1, 0.15) is 36.1 Å². The van der Waals surface area contributed by atoms with Crippen LogP contribution in [0, 0.1) is 6.92 Å². The van der Waals surface area contributed by atoms with Crippen molar-refractivity contribution in [3.8, 4) is 22.8 Å². The van der Waals surface area contributed by atoms with Crippen molar-refractivity contribution >= 4 is 5.97 Å². The molecule has 1 unspecified atom stereocenters. The fourth-order valence-electron chi connectivity index (χ4n) is 3.10. The highest BCUT2D eigenvalue weighted by atomic mass is 16.5. The van der Waals surface area contributed by atoms with Gasteiger partial charge in [0.1, 0.15) is 24.3 Å². The molecule has 2 aromatic heterocycles. The van der Waals surface area contributed by atoms with Crippen LogP contribution in [0.3, 0.4) is 0 Å². The Morgan fingerprint density at radius 3 is 2.74 bits per heavy atom. The maximum atomic E-state index is 11.8. The molecule has 0 fully saturated rings. The summed E-state index contributed by atoms with van der Waals surface area (Å²) in [6.07, 6.45) is 4.81. The fraction of sp³-hybridized carbons (Fsp3) is 0.300. The second-order valence-corrected chi connectivity index (χ2v) is 6.06. The van der Waals surface area contributed by atoms with Gasteiger partial charge in [-0.05, 0) is 36.6 Å². The number of aliphatic carboxylic acids is 1. The number of hydrogen-bond donors (Lipinski definition) is 1. The summed E-state index contributed by atoms with van der Waals surface area (Å²) in [5, 5.41) is 9.68. The van der Waals surface area contributed by atoms with Crippen molar-refractivity contribution in [2.45, 2.75) is 32.8 Å². The second kappa shape index (κ2) is 7.99. The second-order valence-electron chi connectivity index (χ2n) is 6.06. The first-order valence-corrected chi connectivity index (χ1v) is 8.54. The Kier molecular flexibility index (Phi) is 5.49. The van der Waals surface area contributed by atoms with E-state index >= 15 is 0 Å². The summed E-state index contributed by atoms with van der Waals surface area (Å²) >= 11 is 0. The highest BCUT2D eigenvalue weighted by molar-refractivity contribution is 5.84. The van der Waals surface area contributed by atoms with Gasteiger partial charge in [0.15, 0.2) is 17.9 Å². The van der Waals surface area contributed by atoms with Crippen molar-refractivity contribution in [3.63, 3.8) is 0 Å². The third-order valence-electron chi connectivity index (χ3n) is 4.35. The molecule has 0 radical (unpaired) electrons. The number of rotatable bonds is 8. The average molecular weight is 371 g/mol. The van der Waals surface area contributed by atoms with Crippen molar-refractivity contribution in [1.29, 1.82) is 0 Å². The van der Waals surface area contributed by atoms with E-state index in [2.05, 4.69) is 4.98 Å². The van der Waals surface area contributed by atoms with E-state index in [1.807, 2.05) is 19.9 Å². The zero-order valence-electron chi connectivity index (χ0n) is 15.4. The molecule has 27 heavy (non-hydrogen) atoms. The van der Waals surface area contributed by atoms with Gasteiger partial charge in [-0.25, -0.2) is 4.98 Å². The molecule has 0 spiro atoms. The maximum absolute atomic E-state index is 11.8. The minimum atomic E-state index is -0.900. The van der Waals surface area contributed by atoms with Crippen LogP contribution in [-0.2, 0) is 11.4 Å². The lowest BCUT2D eigenvalue weighted by Crippen LogP contribution is -2.13. The molecule has 0 saturated carbocycles. The summed E-state index contributed by atoms with van der Waals surface area (Å²) in [7, 11) is 1.52. The topological polar surface area (TPSA) is 94.9 Å². The lowest BCUT2D eigenvalue weighted by atomic mass is 9.88. The van der Waals surface area contributed by atoms with Crippen molar-refractivity contribution in [1.82, 2.24) is 4.98 Å². The molecule has 0 aliphatic heterocycles. The minimum Gasteiger partial charge on any atom is -0.492 e. The summed E-state index contributed by atoms with van der Waals surface area (Å²) in [6, 6.07) is 5.34. The lowest BCUT2D eigenvalue weighted by molar-refractivity contribution is -0.138. The Morgan fingerprint density at radius 2 is 2.19 bits per heavy atom. The number of furan rings is 1. The molecular weight excluding hydrogens is 350 g/mol. The Labute approximate surface area is 156 Å². The van der Waals surface area contributed by atoms with Crippen molar-refractivity contribution in [2.24, 2.45) is 0 Å². The van der Waals surface area contributed by atoms with Crippen LogP contribution in [0.15, 0.2) is 46.0 Å². The van der Waals surface area contributed by atoms with Crippen molar-refractivity contribution < 1.29 is 28.2 Å². The van der Waals surface area contributed by atoms with Gasteiger partial charge in [-0.1, -0.05) is 13.0 Å². The van der Waals surface area contributed by atoms with Gasteiger partial charge < -0.3 is 23.4 Å². The number of carbonyl (C=O) groups is 1. The van der Waals surface area contributed by atoms with Crippen LogP contribution in [0.4, 0.5) is 0 Å². The summed E-state index contributed by atoms with van der Waals surface area (Å²) in [4.78, 5) is 15.9. The number of oxazole rings is 1. The van der Waals surface area contributed by atoms with E-state index in [1.165, 1.54) is 26.0 Å². The quantitative estimate of drug-likeness (QED) is 0.626. The van der Waals surface area contributed by atoms with Crippen LogP contribution in [-0.4, -0.2) is 23.2 Å². The van der Waals surface area contributed by atoms with Gasteiger partial charge in [0.05, 0.1) is 24.9 Å². The van der Waals surface area contributed by atoms with E-state index < -0.39 is 11.9 Å². The number of carboxylic acid groups (broad SMARTS) is 1. The predicted molar refractivity (Wildman–Crippen MR) is 96.9 cm³/mol. The Hall–Kier alpha value is -3.22. The van der Waals surface area contributed by atoms with Gasteiger partial charge in [-0.2, -0.15) is 0 Å². The highest BCUT2D eigenvalue weighted by Crippen LogP contribution is 2.46. The summed E-state index contributed by atoms with van der Waals surface area (Å²) in [5.74, 6) is -0.128. The van der Waals surface area contributed by atoms with Gasteiger partial charge in [0, 0.05) is 0 Å². The smallest absolute Gasteiger partial charge is 0.310 e. The largest absolute Gasteiger partial charge is 0.492 e.